The lowest BCUT2D eigenvalue weighted by Gasteiger charge is -2.09. The van der Waals surface area contributed by atoms with Crippen LogP contribution in [-0.4, -0.2) is 32.7 Å². The molecule has 0 heterocycles. The number of methoxy groups -OCH3 is 1. The molecule has 0 atom stereocenters. The fourth-order valence-electron chi connectivity index (χ4n) is 2.29. The maximum atomic E-state index is 12.0. The number of hydrogen-bond donors (Lipinski definition) is 2. The van der Waals surface area contributed by atoms with Crippen LogP contribution in [0.1, 0.15) is 11.1 Å². The highest BCUT2D eigenvalue weighted by Gasteiger charge is 2.15. The Hall–Kier alpha value is -2.49. The first kappa shape index (κ1) is 19.8. The molecule has 0 spiro atoms. The Morgan fingerprint density at radius 2 is 1.81 bits per heavy atom. The third-order valence-electron chi connectivity index (χ3n) is 3.66. The zero-order valence-corrected chi connectivity index (χ0v) is 15.2. The van der Waals surface area contributed by atoms with Gasteiger partial charge < -0.3 is 10.1 Å². The maximum Gasteiger partial charge on any atom is 0.311 e. The van der Waals surface area contributed by atoms with E-state index >= 15 is 0 Å². The van der Waals surface area contributed by atoms with Crippen molar-refractivity contribution in [1.29, 1.82) is 0 Å². The standard InChI is InChI=1S/C17H21N3O5S/c1-25-17-8-7-15(11-16(17)20(21)22)12-18-9-10-26(23,24)19-13-14-5-3-2-4-6-14/h2-8,11,18-19H,9-10,12-13H2,1H3. The van der Waals surface area contributed by atoms with Crippen molar-refractivity contribution in [3.05, 3.63) is 69.8 Å². The minimum atomic E-state index is -3.41. The van der Waals surface area contributed by atoms with Gasteiger partial charge in [-0.15, -0.1) is 0 Å². The quantitative estimate of drug-likeness (QED) is 0.370. The van der Waals surface area contributed by atoms with Gasteiger partial charge in [0.1, 0.15) is 0 Å². The maximum absolute atomic E-state index is 12.0. The largest absolute Gasteiger partial charge is 0.490 e. The molecule has 8 nitrogen and oxygen atoms in total. The van der Waals surface area contributed by atoms with Crippen LogP contribution in [0.25, 0.3) is 0 Å². The molecule has 0 aromatic heterocycles. The monoisotopic (exact) mass is 379 g/mol. The second kappa shape index (κ2) is 9.27. The van der Waals surface area contributed by atoms with E-state index in [1.54, 1.807) is 6.07 Å². The van der Waals surface area contributed by atoms with Crippen molar-refractivity contribution in [3.8, 4) is 5.75 Å². The van der Waals surface area contributed by atoms with Crippen LogP contribution in [0.5, 0.6) is 5.75 Å². The summed E-state index contributed by atoms with van der Waals surface area (Å²) in [7, 11) is -2.04. The summed E-state index contributed by atoms with van der Waals surface area (Å²) < 4.78 is 31.5. The Bertz CT molecular complexity index is 841. The first-order chi connectivity index (χ1) is 12.4. The van der Waals surface area contributed by atoms with Crippen LogP contribution in [0.3, 0.4) is 0 Å². The molecule has 0 amide bonds. The number of nitro groups is 1. The summed E-state index contributed by atoms with van der Waals surface area (Å²) in [6, 6.07) is 13.9. The van der Waals surface area contributed by atoms with Crippen LogP contribution in [-0.2, 0) is 23.1 Å². The lowest BCUT2D eigenvalue weighted by molar-refractivity contribution is -0.385. The van der Waals surface area contributed by atoms with Crippen molar-refractivity contribution in [2.24, 2.45) is 0 Å². The van der Waals surface area contributed by atoms with E-state index in [-0.39, 0.29) is 30.3 Å². The van der Waals surface area contributed by atoms with Crippen molar-refractivity contribution in [3.63, 3.8) is 0 Å². The molecule has 26 heavy (non-hydrogen) atoms. The smallest absolute Gasteiger partial charge is 0.311 e. The van der Waals surface area contributed by atoms with Gasteiger partial charge in [-0.3, -0.25) is 10.1 Å². The first-order valence-corrected chi connectivity index (χ1v) is 9.60. The van der Waals surface area contributed by atoms with Crippen molar-refractivity contribution in [1.82, 2.24) is 10.0 Å². The summed E-state index contributed by atoms with van der Waals surface area (Å²) in [6.45, 7) is 0.789. The molecular weight excluding hydrogens is 358 g/mol. The highest BCUT2D eigenvalue weighted by molar-refractivity contribution is 7.89. The molecule has 140 valence electrons. The van der Waals surface area contributed by atoms with Crippen molar-refractivity contribution in [2.45, 2.75) is 13.1 Å². The number of hydrogen-bond acceptors (Lipinski definition) is 6. The molecule has 2 rings (SSSR count). The lowest BCUT2D eigenvalue weighted by Crippen LogP contribution is -2.31. The zero-order valence-electron chi connectivity index (χ0n) is 14.3. The molecule has 0 radical (unpaired) electrons. The molecule has 0 bridgehead atoms. The van der Waals surface area contributed by atoms with Crippen molar-refractivity contribution in [2.75, 3.05) is 19.4 Å². The van der Waals surface area contributed by atoms with Crippen LogP contribution in [0, 0.1) is 10.1 Å². The second-order valence-corrected chi connectivity index (χ2v) is 7.49. The van der Waals surface area contributed by atoms with E-state index in [9.17, 15) is 18.5 Å². The minimum Gasteiger partial charge on any atom is -0.490 e. The average Bonchev–Trinajstić information content (AvgIpc) is 2.64. The number of nitrogens with zero attached hydrogens (tertiary/aromatic N) is 1. The van der Waals surface area contributed by atoms with Gasteiger partial charge in [0.2, 0.25) is 10.0 Å². The van der Waals surface area contributed by atoms with Gasteiger partial charge in [-0.1, -0.05) is 36.4 Å². The van der Waals surface area contributed by atoms with E-state index in [0.29, 0.717) is 12.1 Å². The average molecular weight is 379 g/mol. The fourth-order valence-corrected chi connectivity index (χ4v) is 3.23. The summed E-state index contributed by atoms with van der Waals surface area (Å²) >= 11 is 0. The van der Waals surface area contributed by atoms with Gasteiger partial charge in [-0.25, -0.2) is 13.1 Å². The van der Waals surface area contributed by atoms with E-state index < -0.39 is 14.9 Å². The number of nitro benzene ring substituents is 1. The summed E-state index contributed by atoms with van der Waals surface area (Å²) in [5.41, 5.74) is 1.44. The van der Waals surface area contributed by atoms with Crippen LogP contribution >= 0.6 is 0 Å². The number of nitrogens with one attached hydrogen (secondary N) is 2. The van der Waals surface area contributed by atoms with Gasteiger partial charge in [-0.05, 0) is 17.2 Å². The molecule has 0 aliphatic rings. The molecule has 2 aromatic carbocycles. The number of sulfonamides is 1. The molecule has 0 saturated heterocycles. The Balaban J connectivity index is 1.80. The molecule has 0 aliphatic carbocycles. The molecule has 2 N–H and O–H groups in total. The number of benzene rings is 2. The predicted octanol–water partition coefficient (Wildman–Crippen LogP) is 1.81. The third kappa shape index (κ3) is 6.10. The Morgan fingerprint density at radius 3 is 2.46 bits per heavy atom. The SMILES string of the molecule is COc1ccc(CNCCS(=O)(=O)NCc2ccccc2)cc1[N+](=O)[O-]. The van der Waals surface area contributed by atoms with Crippen LogP contribution in [0.4, 0.5) is 5.69 Å². The van der Waals surface area contributed by atoms with Crippen LogP contribution in [0.15, 0.2) is 48.5 Å². The summed E-state index contributed by atoms with van der Waals surface area (Å²) in [4.78, 5) is 10.5. The molecule has 0 aliphatic heterocycles. The van der Waals surface area contributed by atoms with Crippen molar-refractivity contribution >= 4 is 15.7 Å². The second-order valence-electron chi connectivity index (χ2n) is 5.57. The number of rotatable bonds is 10. The minimum absolute atomic E-state index is 0.0852. The van der Waals surface area contributed by atoms with Gasteiger partial charge in [0.25, 0.3) is 0 Å². The molecule has 0 unspecified atom stereocenters. The zero-order chi connectivity index (χ0) is 19.0. The van der Waals surface area contributed by atoms with Gasteiger partial charge in [0, 0.05) is 25.7 Å². The molecular formula is C17H21N3O5S. The summed E-state index contributed by atoms with van der Waals surface area (Å²) in [5.74, 6) is 0.101. The van der Waals surface area contributed by atoms with Crippen molar-refractivity contribution < 1.29 is 18.1 Å². The highest BCUT2D eigenvalue weighted by Crippen LogP contribution is 2.27. The summed E-state index contributed by atoms with van der Waals surface area (Å²) in [6.07, 6.45) is 0. The highest BCUT2D eigenvalue weighted by atomic mass is 32.2. The summed E-state index contributed by atoms with van der Waals surface area (Å²) in [5, 5.41) is 14.0. The van der Waals surface area contributed by atoms with Crippen LogP contribution < -0.4 is 14.8 Å². The Kier molecular flexibility index (Phi) is 7.07. The van der Waals surface area contributed by atoms with E-state index in [1.807, 2.05) is 30.3 Å². The molecule has 2 aromatic rings. The van der Waals surface area contributed by atoms with E-state index in [0.717, 1.165) is 5.56 Å². The fraction of sp³-hybridized carbons (Fsp3) is 0.294. The molecule has 0 saturated carbocycles. The topological polar surface area (TPSA) is 111 Å². The van der Waals surface area contributed by atoms with Crippen LogP contribution in [0.2, 0.25) is 0 Å². The van der Waals surface area contributed by atoms with E-state index in [1.165, 1.54) is 19.2 Å². The van der Waals surface area contributed by atoms with E-state index in [2.05, 4.69) is 10.0 Å². The van der Waals surface area contributed by atoms with Gasteiger partial charge in [0.15, 0.2) is 5.75 Å². The van der Waals surface area contributed by atoms with Gasteiger partial charge in [0.05, 0.1) is 17.8 Å². The Labute approximate surface area is 152 Å². The third-order valence-corrected chi connectivity index (χ3v) is 4.98. The molecule has 9 heteroatoms. The predicted molar refractivity (Wildman–Crippen MR) is 98.4 cm³/mol. The number of ether oxygens (including phenoxy) is 1. The Morgan fingerprint density at radius 1 is 1.08 bits per heavy atom. The van der Waals surface area contributed by atoms with Gasteiger partial charge in [-0.2, -0.15) is 0 Å². The first-order valence-electron chi connectivity index (χ1n) is 7.94. The lowest BCUT2D eigenvalue weighted by atomic mass is 10.2. The van der Waals surface area contributed by atoms with Gasteiger partial charge >= 0.3 is 5.69 Å². The normalized spacial score (nSPS) is 11.3. The van der Waals surface area contributed by atoms with E-state index in [4.69, 9.17) is 4.74 Å². The molecule has 0 fully saturated rings.